The molecule has 1 aliphatic carbocycles. The van der Waals surface area contributed by atoms with Crippen molar-refractivity contribution in [3.8, 4) is 0 Å². The van der Waals surface area contributed by atoms with E-state index in [9.17, 15) is 18.0 Å². The Bertz CT molecular complexity index is 1400. The number of fused-ring (bicyclic) bond motifs is 1. The van der Waals surface area contributed by atoms with Crippen molar-refractivity contribution < 1.29 is 18.0 Å². The first-order valence-corrected chi connectivity index (χ1v) is 13.6. The van der Waals surface area contributed by atoms with E-state index in [4.69, 9.17) is 28.3 Å². The van der Waals surface area contributed by atoms with E-state index in [-0.39, 0.29) is 28.8 Å². The van der Waals surface area contributed by atoms with Gasteiger partial charge in [0.05, 0.1) is 17.5 Å². The van der Waals surface area contributed by atoms with Gasteiger partial charge in [-0.3, -0.25) is 4.79 Å². The SMILES string of the molecule is Cn1c(SCC(=O)N2N=C3/C(=C\c4ccc(Cl)cc4)CCC[C@H]3[C@H]2c2ccc(Cl)cc2)nnc1C(F)(F)F. The summed E-state index contributed by atoms with van der Waals surface area (Å²) in [6.07, 6.45) is 0.0402. The third kappa shape index (κ3) is 5.48. The number of hydrogen-bond donors (Lipinski definition) is 0. The van der Waals surface area contributed by atoms with Crippen LogP contribution in [0.5, 0.6) is 0 Å². The van der Waals surface area contributed by atoms with Gasteiger partial charge in [-0.05, 0) is 66.3 Å². The van der Waals surface area contributed by atoms with E-state index in [1.165, 1.54) is 12.1 Å². The zero-order valence-corrected chi connectivity index (χ0v) is 22.5. The Labute approximate surface area is 231 Å². The summed E-state index contributed by atoms with van der Waals surface area (Å²) in [5, 5.41) is 14.4. The van der Waals surface area contributed by atoms with Crippen LogP contribution >= 0.6 is 35.0 Å². The molecule has 0 N–H and O–H groups in total. The molecule has 198 valence electrons. The number of alkyl halides is 3. The Hall–Kier alpha value is -2.82. The Morgan fingerprint density at radius 3 is 2.37 bits per heavy atom. The van der Waals surface area contributed by atoms with Gasteiger partial charge < -0.3 is 4.57 Å². The standard InChI is InChI=1S/C26H22Cl2F3N5OS/c1-35-24(26(29,30)31)32-33-25(35)38-14-21(37)36-23(16-7-11-19(28)12-8-16)20-4-2-3-17(22(20)34-36)13-15-5-9-18(27)10-6-15/h5-13,20,23H,2-4,14H2,1H3/b17-13-/t20-,23-/m1/s1. The molecular weight excluding hydrogens is 558 g/mol. The molecule has 2 heterocycles. The average molecular weight is 580 g/mol. The van der Waals surface area contributed by atoms with Crippen LogP contribution in [0.1, 0.15) is 42.3 Å². The lowest BCUT2D eigenvalue weighted by Crippen LogP contribution is -2.32. The lowest BCUT2D eigenvalue weighted by molar-refractivity contribution is -0.147. The van der Waals surface area contributed by atoms with Crippen LogP contribution in [-0.4, -0.2) is 37.1 Å². The molecule has 12 heteroatoms. The van der Waals surface area contributed by atoms with Crippen molar-refractivity contribution in [3.63, 3.8) is 0 Å². The van der Waals surface area contributed by atoms with Crippen molar-refractivity contribution in [2.45, 2.75) is 36.6 Å². The average Bonchev–Trinajstić information content (AvgIpc) is 3.46. The molecular formula is C26H22Cl2F3N5OS. The zero-order valence-electron chi connectivity index (χ0n) is 20.1. The molecule has 3 aromatic rings. The van der Waals surface area contributed by atoms with E-state index in [0.29, 0.717) is 10.0 Å². The number of halogens is 5. The molecule has 1 aromatic heterocycles. The highest BCUT2D eigenvalue weighted by atomic mass is 35.5. The normalized spacial score (nSPS) is 20.5. The first-order chi connectivity index (χ1) is 18.1. The van der Waals surface area contributed by atoms with Crippen molar-refractivity contribution in [3.05, 3.63) is 81.1 Å². The van der Waals surface area contributed by atoms with Gasteiger partial charge in [-0.1, -0.05) is 59.2 Å². The summed E-state index contributed by atoms with van der Waals surface area (Å²) in [6, 6.07) is 14.5. The van der Waals surface area contributed by atoms with E-state index >= 15 is 0 Å². The number of hydrogen-bond acceptors (Lipinski definition) is 5. The van der Waals surface area contributed by atoms with Crippen LogP contribution in [0.15, 0.2) is 64.4 Å². The van der Waals surface area contributed by atoms with Gasteiger partial charge in [0.25, 0.3) is 5.91 Å². The van der Waals surface area contributed by atoms with Crippen LogP contribution in [-0.2, 0) is 18.0 Å². The Morgan fingerprint density at radius 2 is 1.74 bits per heavy atom. The van der Waals surface area contributed by atoms with Gasteiger partial charge in [-0.2, -0.15) is 18.3 Å². The molecule has 0 saturated heterocycles. The number of nitrogens with zero attached hydrogens (tertiary/aromatic N) is 5. The molecule has 1 amide bonds. The Morgan fingerprint density at radius 1 is 1.08 bits per heavy atom. The maximum Gasteiger partial charge on any atom is 0.451 e. The van der Waals surface area contributed by atoms with Crippen LogP contribution in [0.4, 0.5) is 13.2 Å². The molecule has 6 nitrogen and oxygen atoms in total. The third-order valence-corrected chi connectivity index (χ3v) is 8.10. The summed E-state index contributed by atoms with van der Waals surface area (Å²) in [5.74, 6) is -1.62. The predicted molar refractivity (Wildman–Crippen MR) is 142 cm³/mol. The maximum atomic E-state index is 13.5. The summed E-state index contributed by atoms with van der Waals surface area (Å²) in [4.78, 5) is 13.5. The van der Waals surface area contributed by atoms with Gasteiger partial charge in [-0.15, -0.1) is 10.2 Å². The van der Waals surface area contributed by atoms with Gasteiger partial charge in [0.15, 0.2) is 5.16 Å². The maximum absolute atomic E-state index is 13.5. The number of aromatic nitrogens is 3. The number of amides is 1. The molecule has 5 rings (SSSR count). The topological polar surface area (TPSA) is 63.4 Å². The molecule has 0 unspecified atom stereocenters. The summed E-state index contributed by atoms with van der Waals surface area (Å²) in [7, 11) is 1.23. The van der Waals surface area contributed by atoms with E-state index in [2.05, 4.69) is 16.3 Å². The van der Waals surface area contributed by atoms with E-state index in [1.54, 1.807) is 12.1 Å². The lowest BCUT2D eigenvalue weighted by atomic mass is 9.77. The smallest absolute Gasteiger partial charge is 0.302 e. The van der Waals surface area contributed by atoms with E-state index in [0.717, 1.165) is 58.0 Å². The minimum absolute atomic E-state index is 0.00121. The first-order valence-electron chi connectivity index (χ1n) is 11.8. The number of rotatable bonds is 5. The van der Waals surface area contributed by atoms with Crippen LogP contribution in [0, 0.1) is 5.92 Å². The highest BCUT2D eigenvalue weighted by Crippen LogP contribution is 2.45. The van der Waals surface area contributed by atoms with Crippen molar-refractivity contribution in [2.24, 2.45) is 18.1 Å². The molecule has 1 fully saturated rings. The number of carbonyl (C=O) groups excluding carboxylic acids is 1. The monoisotopic (exact) mass is 579 g/mol. The van der Waals surface area contributed by atoms with E-state index < -0.39 is 12.0 Å². The quantitative estimate of drug-likeness (QED) is 0.304. The third-order valence-electron chi connectivity index (χ3n) is 6.59. The summed E-state index contributed by atoms with van der Waals surface area (Å²) >= 11 is 13.1. The van der Waals surface area contributed by atoms with Gasteiger partial charge >= 0.3 is 6.18 Å². The summed E-state index contributed by atoms with van der Waals surface area (Å²) in [6.45, 7) is 0. The summed E-state index contributed by atoms with van der Waals surface area (Å²) < 4.78 is 40.2. The van der Waals surface area contributed by atoms with Crippen LogP contribution in [0.3, 0.4) is 0 Å². The van der Waals surface area contributed by atoms with Gasteiger partial charge in [0, 0.05) is 23.0 Å². The molecule has 38 heavy (non-hydrogen) atoms. The second-order valence-electron chi connectivity index (χ2n) is 9.09. The molecule has 2 atom stereocenters. The molecule has 1 aliphatic heterocycles. The lowest BCUT2D eigenvalue weighted by Gasteiger charge is -2.29. The van der Waals surface area contributed by atoms with Gasteiger partial charge in [0.1, 0.15) is 0 Å². The van der Waals surface area contributed by atoms with Gasteiger partial charge in [0.2, 0.25) is 5.82 Å². The molecule has 0 spiro atoms. The predicted octanol–water partition coefficient (Wildman–Crippen LogP) is 7.06. The van der Waals surface area contributed by atoms with Gasteiger partial charge in [-0.25, -0.2) is 5.01 Å². The molecule has 2 aromatic carbocycles. The Kier molecular flexibility index (Phi) is 7.57. The van der Waals surface area contributed by atoms with Crippen molar-refractivity contribution >= 4 is 52.7 Å². The second kappa shape index (κ2) is 10.7. The fraction of sp³-hybridized carbons (Fsp3) is 0.308. The number of thioether (sulfide) groups is 1. The largest absolute Gasteiger partial charge is 0.451 e. The van der Waals surface area contributed by atoms with Crippen LogP contribution in [0.2, 0.25) is 10.0 Å². The van der Waals surface area contributed by atoms with E-state index in [1.807, 2.05) is 36.4 Å². The first kappa shape index (κ1) is 26.8. The van der Waals surface area contributed by atoms with Crippen molar-refractivity contribution in [2.75, 3.05) is 5.75 Å². The number of hydrazone groups is 1. The minimum Gasteiger partial charge on any atom is -0.302 e. The summed E-state index contributed by atoms with van der Waals surface area (Å²) in [5.41, 5.74) is 3.78. The molecule has 0 radical (unpaired) electrons. The Balaban J connectivity index is 1.45. The number of benzene rings is 2. The highest BCUT2D eigenvalue weighted by molar-refractivity contribution is 7.99. The van der Waals surface area contributed by atoms with Crippen LogP contribution < -0.4 is 0 Å². The van der Waals surface area contributed by atoms with Crippen molar-refractivity contribution in [1.29, 1.82) is 0 Å². The number of allylic oxidation sites excluding steroid dienone is 1. The minimum atomic E-state index is -4.63. The molecule has 0 bridgehead atoms. The fourth-order valence-corrected chi connectivity index (χ4v) is 5.86. The molecule has 1 saturated carbocycles. The fourth-order valence-electron chi connectivity index (χ4n) is 4.84. The van der Waals surface area contributed by atoms with Crippen LogP contribution in [0.25, 0.3) is 6.08 Å². The zero-order chi connectivity index (χ0) is 27.0. The highest BCUT2D eigenvalue weighted by Gasteiger charge is 2.44. The van der Waals surface area contributed by atoms with Crippen molar-refractivity contribution in [1.82, 2.24) is 19.8 Å². The second-order valence-corrected chi connectivity index (χ2v) is 10.9. The number of carbonyl (C=O) groups is 1. The molecule has 2 aliphatic rings.